The smallest absolute Gasteiger partial charge is 0.213 e. The van der Waals surface area contributed by atoms with Gasteiger partial charge in [0, 0.05) is 23.1 Å². The predicted molar refractivity (Wildman–Crippen MR) is 141 cm³/mol. The van der Waals surface area contributed by atoms with E-state index < -0.39 is 0 Å². The molecule has 0 fully saturated rings. The van der Waals surface area contributed by atoms with Crippen LogP contribution in [-0.2, 0) is 0 Å². The Kier molecular flexibility index (Phi) is 7.31. The molecule has 0 aromatic heterocycles. The van der Waals surface area contributed by atoms with Crippen LogP contribution in [0.2, 0.25) is 0 Å². The number of methoxy groups -OCH3 is 2. The summed E-state index contributed by atoms with van der Waals surface area (Å²) >= 11 is 0. The first-order chi connectivity index (χ1) is 17.7. The first-order valence-electron chi connectivity index (χ1n) is 12.8. The molecule has 188 valence electrons. The normalized spacial score (nSPS) is 18.1. The van der Waals surface area contributed by atoms with E-state index >= 15 is 0 Å². The monoisotopic (exact) mass is 486 g/mol. The lowest BCUT2D eigenvalue weighted by molar-refractivity contribution is -0.0190. The Hall–Kier alpha value is -3.67. The molecule has 0 spiro atoms. The van der Waals surface area contributed by atoms with Crippen molar-refractivity contribution in [1.82, 2.24) is 5.01 Å². The lowest BCUT2D eigenvalue weighted by Gasteiger charge is -2.38. The van der Waals surface area contributed by atoms with E-state index in [1.165, 1.54) is 19.3 Å². The minimum atomic E-state index is -0.318. The average molecular weight is 487 g/mol. The van der Waals surface area contributed by atoms with Crippen LogP contribution in [0.25, 0.3) is 0 Å². The Labute approximate surface area is 213 Å². The van der Waals surface area contributed by atoms with Crippen LogP contribution in [-0.4, -0.2) is 31.5 Å². The van der Waals surface area contributed by atoms with Crippen molar-refractivity contribution >= 4 is 5.71 Å². The van der Waals surface area contributed by atoms with Gasteiger partial charge in [-0.3, -0.25) is 0 Å². The summed E-state index contributed by atoms with van der Waals surface area (Å²) in [5, 5.41) is 7.16. The zero-order valence-corrected chi connectivity index (χ0v) is 21.3. The molecule has 0 N–H and O–H groups in total. The van der Waals surface area contributed by atoms with Crippen LogP contribution in [0, 0.1) is 0 Å². The summed E-state index contributed by atoms with van der Waals surface area (Å²) in [7, 11) is 3.30. The van der Waals surface area contributed by atoms with Crippen molar-refractivity contribution in [2.45, 2.75) is 51.3 Å². The quantitative estimate of drug-likeness (QED) is 0.292. The number of benzene rings is 3. The summed E-state index contributed by atoms with van der Waals surface area (Å²) in [5.41, 5.74) is 4.22. The van der Waals surface area contributed by atoms with Crippen LogP contribution in [0.1, 0.15) is 68.0 Å². The lowest BCUT2D eigenvalue weighted by Crippen LogP contribution is -2.33. The van der Waals surface area contributed by atoms with Crippen LogP contribution in [0.4, 0.5) is 0 Å². The van der Waals surface area contributed by atoms with Crippen molar-refractivity contribution < 1.29 is 18.9 Å². The molecule has 2 heterocycles. The summed E-state index contributed by atoms with van der Waals surface area (Å²) < 4.78 is 23.4. The predicted octanol–water partition coefficient (Wildman–Crippen LogP) is 6.91. The highest BCUT2D eigenvalue weighted by molar-refractivity contribution is 6.02. The summed E-state index contributed by atoms with van der Waals surface area (Å²) in [4.78, 5) is 0. The minimum absolute atomic E-state index is 0.0949. The van der Waals surface area contributed by atoms with E-state index in [0.29, 0.717) is 11.5 Å². The van der Waals surface area contributed by atoms with Crippen molar-refractivity contribution in [1.29, 1.82) is 0 Å². The van der Waals surface area contributed by atoms with Crippen LogP contribution in [0.15, 0.2) is 71.8 Å². The number of fused-ring (bicyclic) bond motifs is 3. The Morgan fingerprint density at radius 1 is 0.917 bits per heavy atom. The third-order valence-corrected chi connectivity index (χ3v) is 6.85. The fourth-order valence-corrected chi connectivity index (χ4v) is 4.89. The van der Waals surface area contributed by atoms with E-state index in [-0.39, 0.29) is 12.3 Å². The second kappa shape index (κ2) is 10.9. The average Bonchev–Trinajstić information content (AvgIpc) is 3.38. The first-order valence-corrected chi connectivity index (χ1v) is 12.8. The van der Waals surface area contributed by atoms with Crippen molar-refractivity contribution in [3.63, 3.8) is 0 Å². The van der Waals surface area contributed by atoms with Gasteiger partial charge in [-0.2, -0.15) is 5.10 Å². The van der Waals surface area contributed by atoms with E-state index in [9.17, 15) is 0 Å². The Bertz CT molecular complexity index is 1210. The van der Waals surface area contributed by atoms with Crippen molar-refractivity contribution in [3.05, 3.63) is 83.4 Å². The highest BCUT2D eigenvalue weighted by atomic mass is 16.5. The molecule has 0 radical (unpaired) electrons. The zero-order valence-electron chi connectivity index (χ0n) is 21.3. The fraction of sp³-hybridized carbons (Fsp3) is 0.367. The molecule has 0 saturated carbocycles. The molecule has 0 aliphatic carbocycles. The SMILES string of the molecule is CCCCCCOc1ccc([C@H]2Oc3ccccc3[C@H]3CC(c4ccc(OC)c(OC)c4)=NN32)cc1. The molecule has 0 bridgehead atoms. The van der Waals surface area contributed by atoms with Gasteiger partial charge in [-0.1, -0.05) is 44.4 Å². The summed E-state index contributed by atoms with van der Waals surface area (Å²) in [6.07, 6.45) is 5.24. The van der Waals surface area contributed by atoms with E-state index in [1.54, 1.807) is 14.2 Å². The maximum absolute atomic E-state index is 6.50. The number of nitrogens with zero attached hydrogens (tertiary/aromatic N) is 2. The van der Waals surface area contributed by atoms with Gasteiger partial charge in [-0.05, 0) is 55.0 Å². The molecule has 0 amide bonds. The van der Waals surface area contributed by atoms with Gasteiger partial charge < -0.3 is 18.9 Å². The highest BCUT2D eigenvalue weighted by Gasteiger charge is 2.41. The summed E-state index contributed by atoms with van der Waals surface area (Å²) in [6, 6.07) is 22.5. The van der Waals surface area contributed by atoms with E-state index in [2.05, 4.69) is 36.2 Å². The minimum Gasteiger partial charge on any atom is -0.494 e. The van der Waals surface area contributed by atoms with Gasteiger partial charge in [0.25, 0.3) is 0 Å². The van der Waals surface area contributed by atoms with Crippen LogP contribution >= 0.6 is 0 Å². The van der Waals surface area contributed by atoms with E-state index in [0.717, 1.165) is 53.3 Å². The second-order valence-electron chi connectivity index (χ2n) is 9.20. The van der Waals surface area contributed by atoms with Crippen LogP contribution in [0.3, 0.4) is 0 Å². The lowest BCUT2D eigenvalue weighted by atomic mass is 9.96. The standard InChI is InChI=1S/C30H34N2O4/c1-4-5-6-9-18-35-23-15-12-21(13-16-23)30-32-26(24-10-7-8-11-27(24)36-30)20-25(31-32)22-14-17-28(33-2)29(19-22)34-3/h7-8,10-17,19,26,30H,4-6,9,18,20H2,1-3H3/t26-,30-/m1/s1. The molecule has 0 unspecified atom stereocenters. The molecule has 3 aromatic rings. The molecule has 0 saturated heterocycles. The topological polar surface area (TPSA) is 52.5 Å². The summed E-state index contributed by atoms with van der Waals surface area (Å²) in [6.45, 7) is 2.97. The van der Waals surface area contributed by atoms with Gasteiger partial charge in [-0.15, -0.1) is 0 Å². The van der Waals surface area contributed by atoms with Gasteiger partial charge in [0.1, 0.15) is 11.5 Å². The molecule has 5 rings (SSSR count). The van der Waals surface area contributed by atoms with Crippen molar-refractivity contribution in [3.8, 4) is 23.0 Å². The zero-order chi connectivity index (χ0) is 24.9. The van der Waals surface area contributed by atoms with Crippen molar-refractivity contribution in [2.75, 3.05) is 20.8 Å². The first kappa shape index (κ1) is 24.0. The number of rotatable bonds is 10. The fourth-order valence-electron chi connectivity index (χ4n) is 4.89. The number of unbranched alkanes of at least 4 members (excludes halogenated alkanes) is 3. The van der Waals surface area contributed by atoms with Crippen LogP contribution < -0.4 is 18.9 Å². The second-order valence-corrected chi connectivity index (χ2v) is 9.20. The molecular weight excluding hydrogens is 452 g/mol. The molecule has 36 heavy (non-hydrogen) atoms. The molecule has 3 aromatic carbocycles. The van der Waals surface area contributed by atoms with Gasteiger partial charge in [-0.25, -0.2) is 5.01 Å². The molecule has 2 aliphatic heterocycles. The molecular formula is C30H34N2O4. The van der Waals surface area contributed by atoms with E-state index in [4.69, 9.17) is 24.0 Å². The summed E-state index contributed by atoms with van der Waals surface area (Å²) in [5.74, 6) is 3.19. The Morgan fingerprint density at radius 3 is 2.50 bits per heavy atom. The largest absolute Gasteiger partial charge is 0.494 e. The van der Waals surface area contributed by atoms with Gasteiger partial charge in [0.15, 0.2) is 11.5 Å². The van der Waals surface area contributed by atoms with Gasteiger partial charge in [0.2, 0.25) is 6.23 Å². The number of ether oxygens (including phenoxy) is 4. The number of para-hydroxylation sites is 1. The Morgan fingerprint density at radius 2 is 1.72 bits per heavy atom. The third kappa shape index (κ3) is 4.85. The van der Waals surface area contributed by atoms with Gasteiger partial charge >= 0.3 is 0 Å². The molecule has 6 nitrogen and oxygen atoms in total. The Balaban J connectivity index is 1.40. The number of hydrogen-bond donors (Lipinski definition) is 0. The molecule has 6 heteroatoms. The maximum Gasteiger partial charge on any atom is 0.213 e. The number of hydrogen-bond acceptors (Lipinski definition) is 6. The third-order valence-electron chi connectivity index (χ3n) is 6.85. The maximum atomic E-state index is 6.50. The van der Waals surface area contributed by atoms with Gasteiger partial charge in [0.05, 0.1) is 32.6 Å². The molecule has 2 aliphatic rings. The highest BCUT2D eigenvalue weighted by Crippen LogP contribution is 2.47. The van der Waals surface area contributed by atoms with Crippen molar-refractivity contribution in [2.24, 2.45) is 5.10 Å². The number of hydrazone groups is 1. The molecule has 2 atom stereocenters. The van der Waals surface area contributed by atoms with Crippen LogP contribution in [0.5, 0.6) is 23.0 Å². The van der Waals surface area contributed by atoms with E-state index in [1.807, 2.05) is 42.5 Å².